The van der Waals surface area contributed by atoms with Gasteiger partial charge in [-0.3, -0.25) is 9.69 Å². The first-order valence-electron chi connectivity index (χ1n) is 10.0. The van der Waals surface area contributed by atoms with Gasteiger partial charge in [0.15, 0.2) is 0 Å². The quantitative estimate of drug-likeness (QED) is 0.581. The number of H-pyrrole nitrogens is 1. The number of aromatic nitrogens is 2. The van der Waals surface area contributed by atoms with Crippen LogP contribution in [0.1, 0.15) is 22.3 Å². The number of nitrogens with one attached hydrogen (secondary N) is 3. The number of piperidine rings is 1. The molecule has 2 aromatic heterocycles. The van der Waals surface area contributed by atoms with Crippen LogP contribution >= 0.6 is 0 Å². The van der Waals surface area contributed by atoms with Gasteiger partial charge in [-0.2, -0.15) is 0 Å². The van der Waals surface area contributed by atoms with Crippen molar-refractivity contribution < 1.29 is 13.9 Å². The Bertz CT molecular complexity index is 1020. The molecule has 0 spiro atoms. The lowest BCUT2D eigenvalue weighted by Gasteiger charge is -2.36. The molecule has 3 N–H and O–H groups in total. The summed E-state index contributed by atoms with van der Waals surface area (Å²) in [5, 5.41) is 6.71. The highest BCUT2D eigenvalue weighted by atomic mass is 19.1. The first-order chi connectivity index (χ1) is 14.6. The van der Waals surface area contributed by atoms with Gasteiger partial charge in [0, 0.05) is 44.5 Å². The average molecular weight is 411 g/mol. The zero-order valence-corrected chi connectivity index (χ0v) is 17.1. The fraction of sp³-hybridized carbons (Fsp3) is 0.364. The van der Waals surface area contributed by atoms with E-state index in [0.29, 0.717) is 36.4 Å². The molecule has 1 saturated heterocycles. The third-order valence-corrected chi connectivity index (χ3v) is 5.58. The van der Waals surface area contributed by atoms with Crippen LogP contribution in [0.5, 0.6) is 5.75 Å². The first kappa shape index (κ1) is 20.2. The number of fused-ring (bicyclic) bond motifs is 1. The summed E-state index contributed by atoms with van der Waals surface area (Å²) in [4.78, 5) is 21.8. The van der Waals surface area contributed by atoms with Crippen molar-refractivity contribution in [2.24, 2.45) is 0 Å². The van der Waals surface area contributed by atoms with E-state index < -0.39 is 6.17 Å². The predicted molar refractivity (Wildman–Crippen MR) is 115 cm³/mol. The number of aromatic amines is 1. The van der Waals surface area contributed by atoms with Crippen LogP contribution < -0.4 is 15.4 Å². The number of benzene rings is 1. The van der Waals surface area contributed by atoms with Gasteiger partial charge in [-0.25, -0.2) is 9.37 Å². The Morgan fingerprint density at radius 3 is 2.83 bits per heavy atom. The Balaban J connectivity index is 1.46. The number of hydrogen-bond donors (Lipinski definition) is 3. The summed E-state index contributed by atoms with van der Waals surface area (Å²) < 4.78 is 20.3. The maximum Gasteiger partial charge on any atom is 0.254 e. The molecular weight excluding hydrogens is 385 g/mol. The van der Waals surface area contributed by atoms with Crippen molar-refractivity contribution in [3.05, 3.63) is 53.9 Å². The van der Waals surface area contributed by atoms with Gasteiger partial charge in [0.2, 0.25) is 0 Å². The normalized spacial score (nSPS) is 19.6. The van der Waals surface area contributed by atoms with Gasteiger partial charge in [0.1, 0.15) is 17.6 Å². The molecule has 8 heteroatoms. The van der Waals surface area contributed by atoms with Crippen molar-refractivity contribution in [1.82, 2.24) is 20.2 Å². The van der Waals surface area contributed by atoms with Crippen LogP contribution in [-0.4, -0.2) is 60.2 Å². The summed E-state index contributed by atoms with van der Waals surface area (Å²) in [5.41, 5.74) is 2.83. The number of hydrogen-bond acceptors (Lipinski definition) is 5. The Labute approximate surface area is 174 Å². The Kier molecular flexibility index (Phi) is 5.85. The summed E-state index contributed by atoms with van der Waals surface area (Å²) in [7, 11) is 3.21. The standard InChI is InChI=1S/C22H26FN5O2/c1-24-22(29)17-11-26-21-16(7-9-25-21)20(17)27-19-8-10-28(13-18(19)23)12-14-3-5-15(30-2)6-4-14/h3-7,9,11,18-19H,8,10,12-13H2,1-2H3,(H,24,29)(H2,25,26,27)/t18-,19+/m1/s1. The van der Waals surface area contributed by atoms with E-state index in [1.165, 1.54) is 6.20 Å². The minimum Gasteiger partial charge on any atom is -0.497 e. The van der Waals surface area contributed by atoms with Gasteiger partial charge in [0.05, 0.1) is 24.4 Å². The molecule has 3 aromatic rings. The number of nitrogens with zero attached hydrogens (tertiary/aromatic N) is 2. The van der Waals surface area contributed by atoms with Crippen molar-refractivity contribution >= 4 is 22.6 Å². The number of carbonyl (C=O) groups excluding carboxylic acids is 1. The molecule has 1 aliphatic heterocycles. The van der Waals surface area contributed by atoms with Gasteiger partial charge >= 0.3 is 0 Å². The summed E-state index contributed by atoms with van der Waals surface area (Å²) in [5.74, 6) is 0.561. The first-order valence-corrected chi connectivity index (χ1v) is 10.0. The fourth-order valence-electron chi connectivity index (χ4n) is 3.92. The van der Waals surface area contributed by atoms with E-state index in [-0.39, 0.29) is 11.9 Å². The highest BCUT2D eigenvalue weighted by molar-refractivity contribution is 6.06. The van der Waals surface area contributed by atoms with Gasteiger partial charge in [-0.1, -0.05) is 12.1 Å². The average Bonchev–Trinajstić information content (AvgIpc) is 3.25. The third kappa shape index (κ3) is 4.09. The number of pyridine rings is 1. The van der Waals surface area contributed by atoms with E-state index in [1.54, 1.807) is 20.4 Å². The molecule has 7 nitrogen and oxygen atoms in total. The molecule has 1 aromatic carbocycles. The van der Waals surface area contributed by atoms with Gasteiger partial charge in [-0.15, -0.1) is 0 Å². The number of methoxy groups -OCH3 is 1. The molecule has 1 aliphatic rings. The number of amides is 1. The second-order valence-corrected chi connectivity index (χ2v) is 7.50. The zero-order valence-electron chi connectivity index (χ0n) is 17.1. The lowest BCUT2D eigenvalue weighted by atomic mass is 10.0. The molecule has 2 atom stereocenters. The smallest absolute Gasteiger partial charge is 0.254 e. The highest BCUT2D eigenvalue weighted by Crippen LogP contribution is 2.29. The van der Waals surface area contributed by atoms with Crippen LogP contribution in [-0.2, 0) is 6.54 Å². The number of ether oxygens (including phenoxy) is 1. The number of rotatable bonds is 6. The monoisotopic (exact) mass is 411 g/mol. The maximum absolute atomic E-state index is 15.1. The molecule has 0 radical (unpaired) electrons. The molecule has 0 saturated carbocycles. The SMILES string of the molecule is CNC(=O)c1cnc2[nH]ccc2c1N[C@H]1CCN(Cc2ccc(OC)cc2)C[C@H]1F. The summed E-state index contributed by atoms with van der Waals surface area (Å²) in [6, 6.07) is 9.33. The predicted octanol–water partition coefficient (Wildman–Crippen LogP) is 2.96. The summed E-state index contributed by atoms with van der Waals surface area (Å²) in [6.45, 7) is 1.79. The van der Waals surface area contributed by atoms with Crippen LogP contribution in [0, 0.1) is 0 Å². The van der Waals surface area contributed by atoms with Crippen LogP contribution in [0.25, 0.3) is 11.0 Å². The molecule has 30 heavy (non-hydrogen) atoms. The van der Waals surface area contributed by atoms with E-state index >= 15 is 4.39 Å². The van der Waals surface area contributed by atoms with E-state index in [2.05, 4.69) is 25.5 Å². The lowest BCUT2D eigenvalue weighted by molar-refractivity contribution is 0.0962. The number of alkyl halides is 1. The van der Waals surface area contributed by atoms with Gasteiger partial charge in [0.25, 0.3) is 5.91 Å². The molecule has 158 valence electrons. The van der Waals surface area contributed by atoms with E-state index in [0.717, 1.165) is 23.2 Å². The van der Waals surface area contributed by atoms with Gasteiger partial charge < -0.3 is 20.4 Å². The molecule has 4 rings (SSSR count). The van der Waals surface area contributed by atoms with E-state index in [9.17, 15) is 4.79 Å². The Morgan fingerprint density at radius 2 is 2.13 bits per heavy atom. The minimum atomic E-state index is -1.06. The van der Waals surface area contributed by atoms with Gasteiger partial charge in [-0.05, 0) is 30.2 Å². The molecular formula is C22H26FN5O2. The van der Waals surface area contributed by atoms with E-state index in [1.807, 2.05) is 30.3 Å². The number of likely N-dealkylation sites (tertiary alicyclic amines) is 1. The topological polar surface area (TPSA) is 82.3 Å². The highest BCUT2D eigenvalue weighted by Gasteiger charge is 2.30. The van der Waals surface area contributed by atoms with Crippen LogP contribution in [0.4, 0.5) is 10.1 Å². The van der Waals surface area contributed by atoms with E-state index in [4.69, 9.17) is 4.74 Å². The zero-order chi connectivity index (χ0) is 21.1. The second kappa shape index (κ2) is 8.71. The van der Waals surface area contributed by atoms with Crippen LogP contribution in [0.2, 0.25) is 0 Å². The lowest BCUT2D eigenvalue weighted by Crippen LogP contribution is -2.47. The third-order valence-electron chi connectivity index (χ3n) is 5.58. The van der Waals surface area contributed by atoms with Crippen LogP contribution in [0.3, 0.4) is 0 Å². The fourth-order valence-corrected chi connectivity index (χ4v) is 3.92. The largest absolute Gasteiger partial charge is 0.497 e. The minimum absolute atomic E-state index is 0.250. The summed E-state index contributed by atoms with van der Waals surface area (Å²) in [6.07, 6.45) is 2.86. The molecule has 0 unspecified atom stereocenters. The Hall–Kier alpha value is -3.13. The Morgan fingerprint density at radius 1 is 1.33 bits per heavy atom. The summed E-state index contributed by atoms with van der Waals surface area (Å²) >= 11 is 0. The molecule has 1 fully saturated rings. The molecule has 0 bridgehead atoms. The maximum atomic E-state index is 15.1. The molecule has 0 aliphatic carbocycles. The number of anilines is 1. The number of halogens is 1. The van der Waals surface area contributed by atoms with Crippen LogP contribution in [0.15, 0.2) is 42.7 Å². The molecule has 3 heterocycles. The van der Waals surface area contributed by atoms with Crippen molar-refractivity contribution in [3.63, 3.8) is 0 Å². The van der Waals surface area contributed by atoms with Crippen molar-refractivity contribution in [1.29, 1.82) is 0 Å². The van der Waals surface area contributed by atoms with Crippen molar-refractivity contribution in [2.75, 3.05) is 32.6 Å². The molecule has 1 amide bonds. The van der Waals surface area contributed by atoms with Crippen molar-refractivity contribution in [2.45, 2.75) is 25.2 Å². The van der Waals surface area contributed by atoms with Crippen molar-refractivity contribution in [3.8, 4) is 5.75 Å². The second-order valence-electron chi connectivity index (χ2n) is 7.50. The number of carbonyl (C=O) groups is 1.